The van der Waals surface area contributed by atoms with Crippen molar-refractivity contribution in [1.82, 2.24) is 10.2 Å². The minimum Gasteiger partial charge on any atom is -0.357 e. The molecule has 2 aromatic rings. The van der Waals surface area contributed by atoms with Crippen molar-refractivity contribution >= 4 is 40.7 Å². The summed E-state index contributed by atoms with van der Waals surface area (Å²) in [6, 6.07) is 18.1. The summed E-state index contributed by atoms with van der Waals surface area (Å²) in [5.41, 5.74) is 2.50. The first-order valence-corrected chi connectivity index (χ1v) is 9.90. The van der Waals surface area contributed by atoms with E-state index >= 15 is 0 Å². The molecule has 0 spiro atoms. The second-order valence-corrected chi connectivity index (χ2v) is 7.51. The van der Waals surface area contributed by atoms with Crippen molar-refractivity contribution in [3.63, 3.8) is 0 Å². The Morgan fingerprint density at radius 3 is 2.38 bits per heavy atom. The van der Waals surface area contributed by atoms with Crippen molar-refractivity contribution < 1.29 is 4.21 Å². The number of hydrogen-bond acceptors (Lipinski definition) is 2. The van der Waals surface area contributed by atoms with Crippen LogP contribution in [0.15, 0.2) is 64.5 Å². The molecule has 1 unspecified atom stereocenters. The smallest absolute Gasteiger partial charge is 0.193 e. The minimum absolute atomic E-state index is 0. The molecule has 26 heavy (non-hydrogen) atoms. The highest BCUT2D eigenvalue weighted by Gasteiger charge is 2.07. The quantitative estimate of drug-likeness (QED) is 0.369. The zero-order chi connectivity index (χ0) is 18.1. The van der Waals surface area contributed by atoms with Crippen LogP contribution in [0.1, 0.15) is 18.1 Å². The van der Waals surface area contributed by atoms with Gasteiger partial charge in [-0.15, -0.1) is 24.0 Å². The van der Waals surface area contributed by atoms with E-state index in [4.69, 9.17) is 0 Å². The largest absolute Gasteiger partial charge is 0.357 e. The van der Waals surface area contributed by atoms with Crippen molar-refractivity contribution in [2.45, 2.75) is 25.3 Å². The summed E-state index contributed by atoms with van der Waals surface area (Å²) < 4.78 is 12.3. The van der Waals surface area contributed by atoms with E-state index in [0.717, 1.165) is 23.9 Å². The lowest BCUT2D eigenvalue weighted by Gasteiger charge is -2.22. The van der Waals surface area contributed by atoms with Crippen LogP contribution in [0.3, 0.4) is 0 Å². The zero-order valence-corrected chi connectivity index (χ0v) is 18.8. The topological polar surface area (TPSA) is 44.7 Å². The molecular formula is C20H28IN3OS. The van der Waals surface area contributed by atoms with Crippen LogP contribution in [0.4, 0.5) is 0 Å². The van der Waals surface area contributed by atoms with Crippen molar-refractivity contribution in [3.8, 4) is 0 Å². The highest BCUT2D eigenvalue weighted by molar-refractivity contribution is 14.0. The highest BCUT2D eigenvalue weighted by atomic mass is 127. The van der Waals surface area contributed by atoms with Gasteiger partial charge >= 0.3 is 0 Å². The van der Waals surface area contributed by atoms with Gasteiger partial charge in [-0.2, -0.15) is 0 Å². The van der Waals surface area contributed by atoms with Crippen molar-refractivity contribution in [3.05, 3.63) is 65.7 Å². The van der Waals surface area contributed by atoms with Gasteiger partial charge in [0.15, 0.2) is 5.96 Å². The first-order chi connectivity index (χ1) is 12.1. The number of nitrogens with one attached hydrogen (secondary N) is 1. The van der Waals surface area contributed by atoms with Gasteiger partial charge in [0.25, 0.3) is 0 Å². The van der Waals surface area contributed by atoms with E-state index < -0.39 is 10.8 Å². The molecule has 4 nitrogen and oxygen atoms in total. The molecule has 1 atom stereocenters. The zero-order valence-electron chi connectivity index (χ0n) is 15.6. The molecule has 2 rings (SSSR count). The third-order valence-corrected chi connectivity index (χ3v) is 5.13. The van der Waals surface area contributed by atoms with Gasteiger partial charge in [-0.3, -0.25) is 9.20 Å². The van der Waals surface area contributed by atoms with Crippen LogP contribution in [0.2, 0.25) is 0 Å². The number of aliphatic imine (C=N–C) groups is 1. The molecular weight excluding hydrogens is 457 g/mol. The Bertz CT molecular complexity index is 705. The Hall–Kier alpha value is -1.41. The van der Waals surface area contributed by atoms with Crippen LogP contribution in [-0.2, 0) is 17.3 Å². The monoisotopic (exact) mass is 485 g/mol. The Kier molecular flexibility index (Phi) is 10.5. The molecule has 0 aliphatic carbocycles. The van der Waals surface area contributed by atoms with Crippen LogP contribution >= 0.6 is 24.0 Å². The fourth-order valence-corrected chi connectivity index (χ4v) is 3.39. The predicted molar refractivity (Wildman–Crippen MR) is 122 cm³/mol. The lowest BCUT2D eigenvalue weighted by atomic mass is 10.1. The van der Waals surface area contributed by atoms with Gasteiger partial charge in [0, 0.05) is 30.8 Å². The van der Waals surface area contributed by atoms with Crippen LogP contribution in [-0.4, -0.2) is 41.0 Å². The Morgan fingerprint density at radius 2 is 1.77 bits per heavy atom. The summed E-state index contributed by atoms with van der Waals surface area (Å²) in [6.45, 7) is 6.26. The average Bonchev–Trinajstić information content (AvgIpc) is 2.63. The molecule has 0 fully saturated rings. The molecule has 2 aromatic carbocycles. The van der Waals surface area contributed by atoms with Gasteiger partial charge < -0.3 is 10.2 Å². The minimum atomic E-state index is -1.01. The third kappa shape index (κ3) is 7.45. The van der Waals surface area contributed by atoms with E-state index in [1.165, 1.54) is 11.1 Å². The van der Waals surface area contributed by atoms with E-state index in [9.17, 15) is 4.21 Å². The lowest BCUT2D eigenvalue weighted by molar-refractivity contribution is 0.477. The molecule has 0 amide bonds. The molecule has 0 aromatic heterocycles. The summed E-state index contributed by atoms with van der Waals surface area (Å²) in [6.07, 6.45) is 0. The first-order valence-electron chi connectivity index (χ1n) is 8.58. The van der Waals surface area contributed by atoms with E-state index in [1.807, 2.05) is 37.4 Å². The maximum atomic E-state index is 12.3. The predicted octanol–water partition coefficient (Wildman–Crippen LogP) is 3.82. The van der Waals surface area contributed by atoms with Gasteiger partial charge in [-0.25, -0.2) is 0 Å². The SMILES string of the molecule is CCNC(=NCCS(=O)c1ccccc1)N(C)Cc1ccc(C)cc1.I. The Labute approximate surface area is 176 Å². The van der Waals surface area contributed by atoms with Crippen molar-refractivity contribution in [2.75, 3.05) is 25.9 Å². The molecule has 0 saturated heterocycles. The van der Waals surface area contributed by atoms with E-state index in [1.54, 1.807) is 0 Å². The van der Waals surface area contributed by atoms with Crippen molar-refractivity contribution in [2.24, 2.45) is 4.99 Å². The van der Waals surface area contributed by atoms with Crippen LogP contribution < -0.4 is 5.32 Å². The maximum absolute atomic E-state index is 12.3. The molecule has 1 N–H and O–H groups in total. The molecule has 0 radical (unpaired) electrons. The van der Waals surface area contributed by atoms with Gasteiger partial charge in [0.1, 0.15) is 0 Å². The highest BCUT2D eigenvalue weighted by Crippen LogP contribution is 2.07. The Balaban J connectivity index is 0.00000338. The standard InChI is InChI=1S/C20H27N3OS.HI/c1-4-21-20(23(3)16-18-12-10-17(2)11-13-18)22-14-15-25(24)19-8-6-5-7-9-19;/h5-13H,4,14-16H2,1-3H3,(H,21,22);1H. The molecule has 0 aliphatic rings. The number of hydrogen-bond donors (Lipinski definition) is 1. The van der Waals surface area contributed by atoms with Crippen LogP contribution in [0.25, 0.3) is 0 Å². The number of benzene rings is 2. The van der Waals surface area contributed by atoms with Gasteiger partial charge in [0.2, 0.25) is 0 Å². The molecule has 0 heterocycles. The normalized spacial score (nSPS) is 12.2. The first kappa shape index (κ1) is 22.6. The number of guanidine groups is 1. The van der Waals surface area contributed by atoms with Crippen LogP contribution in [0.5, 0.6) is 0 Å². The number of rotatable bonds is 7. The van der Waals surface area contributed by atoms with Crippen LogP contribution in [0, 0.1) is 6.92 Å². The molecule has 142 valence electrons. The molecule has 0 saturated carbocycles. The van der Waals surface area contributed by atoms with E-state index in [0.29, 0.717) is 12.3 Å². The summed E-state index contributed by atoms with van der Waals surface area (Å²) in [4.78, 5) is 7.58. The Morgan fingerprint density at radius 1 is 1.12 bits per heavy atom. The number of halogens is 1. The molecule has 0 aliphatic heterocycles. The summed E-state index contributed by atoms with van der Waals surface area (Å²) >= 11 is 0. The number of aryl methyl sites for hydroxylation is 1. The lowest BCUT2D eigenvalue weighted by Crippen LogP contribution is -2.38. The van der Waals surface area contributed by atoms with Crippen molar-refractivity contribution in [1.29, 1.82) is 0 Å². The fraction of sp³-hybridized carbons (Fsp3) is 0.350. The molecule has 0 bridgehead atoms. The van der Waals surface area contributed by atoms with Gasteiger partial charge in [-0.05, 0) is 31.5 Å². The summed E-state index contributed by atoms with van der Waals surface area (Å²) in [5, 5.41) is 3.30. The number of nitrogens with zero attached hydrogens (tertiary/aromatic N) is 2. The average molecular weight is 485 g/mol. The maximum Gasteiger partial charge on any atom is 0.193 e. The summed E-state index contributed by atoms with van der Waals surface area (Å²) in [5.74, 6) is 1.37. The second kappa shape index (κ2) is 12.1. The van der Waals surface area contributed by atoms with Gasteiger partial charge in [-0.1, -0.05) is 48.0 Å². The summed E-state index contributed by atoms with van der Waals surface area (Å²) in [7, 11) is 1.01. The van der Waals surface area contributed by atoms with E-state index in [2.05, 4.69) is 53.3 Å². The third-order valence-electron chi connectivity index (χ3n) is 3.78. The fourth-order valence-electron chi connectivity index (χ4n) is 2.44. The molecule has 6 heteroatoms. The second-order valence-electron chi connectivity index (χ2n) is 5.94. The van der Waals surface area contributed by atoms with Gasteiger partial charge in [0.05, 0.1) is 17.3 Å². The van der Waals surface area contributed by atoms with E-state index in [-0.39, 0.29) is 24.0 Å².